The van der Waals surface area contributed by atoms with E-state index in [1.54, 1.807) is 6.07 Å². The fraction of sp³-hybridized carbons (Fsp3) is 0.0244. The highest BCUT2D eigenvalue weighted by molar-refractivity contribution is 6.22. The van der Waals surface area contributed by atoms with Gasteiger partial charge in [0.05, 0.1) is 5.56 Å². The Hall–Kier alpha value is -5.41. The molecule has 8 aromatic carbocycles. The standard InChI is InChI=1S/C41H25F3/c42-41(43,44)34-13-7-12-30(24-34)31-20-21-37-38(25-31)40(33-19-17-27-9-2-4-11-29(27)23-33)36-15-6-5-14-35(36)39(37)32-18-16-26-8-1-3-10-28(26)22-32/h1-25H. The van der Waals surface area contributed by atoms with Gasteiger partial charge in [-0.15, -0.1) is 0 Å². The molecule has 0 heterocycles. The molecule has 0 aliphatic rings. The van der Waals surface area contributed by atoms with Crippen LogP contribution >= 0.6 is 0 Å². The summed E-state index contributed by atoms with van der Waals surface area (Å²) in [6.45, 7) is 0. The van der Waals surface area contributed by atoms with E-state index < -0.39 is 11.7 Å². The maximum Gasteiger partial charge on any atom is 0.416 e. The highest BCUT2D eigenvalue weighted by Gasteiger charge is 2.30. The molecular weight excluding hydrogens is 549 g/mol. The minimum Gasteiger partial charge on any atom is -0.166 e. The molecule has 0 radical (unpaired) electrons. The van der Waals surface area contributed by atoms with Gasteiger partial charge in [0.1, 0.15) is 0 Å². The molecule has 0 aromatic heterocycles. The Morgan fingerprint density at radius 2 is 0.795 bits per heavy atom. The van der Waals surface area contributed by atoms with Gasteiger partial charge in [0.2, 0.25) is 0 Å². The van der Waals surface area contributed by atoms with Gasteiger partial charge in [-0.2, -0.15) is 13.2 Å². The van der Waals surface area contributed by atoms with E-state index in [0.717, 1.165) is 71.6 Å². The normalized spacial score (nSPS) is 12.0. The molecular formula is C41H25F3. The number of halogens is 3. The van der Waals surface area contributed by atoms with Crippen LogP contribution in [-0.4, -0.2) is 0 Å². The molecule has 0 nitrogen and oxygen atoms in total. The summed E-state index contributed by atoms with van der Waals surface area (Å²) in [6.07, 6.45) is -4.41. The number of fused-ring (bicyclic) bond motifs is 4. The largest absolute Gasteiger partial charge is 0.416 e. The van der Waals surface area contributed by atoms with Crippen LogP contribution in [0, 0.1) is 0 Å². The molecule has 0 amide bonds. The first-order chi connectivity index (χ1) is 21.4. The average molecular weight is 575 g/mol. The van der Waals surface area contributed by atoms with Crippen LogP contribution in [-0.2, 0) is 6.18 Å². The van der Waals surface area contributed by atoms with Crippen LogP contribution in [0.3, 0.4) is 0 Å². The summed E-state index contributed by atoms with van der Waals surface area (Å²) >= 11 is 0. The van der Waals surface area contributed by atoms with E-state index in [4.69, 9.17) is 0 Å². The Balaban J connectivity index is 1.48. The molecule has 0 saturated heterocycles. The van der Waals surface area contributed by atoms with Crippen molar-refractivity contribution in [2.45, 2.75) is 6.18 Å². The van der Waals surface area contributed by atoms with Crippen LogP contribution < -0.4 is 0 Å². The van der Waals surface area contributed by atoms with E-state index >= 15 is 0 Å². The van der Waals surface area contributed by atoms with Crippen molar-refractivity contribution in [3.8, 4) is 33.4 Å². The Morgan fingerprint density at radius 3 is 1.39 bits per heavy atom. The SMILES string of the molecule is FC(F)(F)c1cccc(-c2ccc3c(-c4ccc5ccccc5c4)c4ccccc4c(-c4ccc5ccccc5c4)c3c2)c1. The van der Waals surface area contributed by atoms with E-state index in [0.29, 0.717) is 5.56 Å². The van der Waals surface area contributed by atoms with Crippen LogP contribution in [0.1, 0.15) is 5.56 Å². The first kappa shape index (κ1) is 26.2. The Bertz CT molecular complexity index is 2380. The molecule has 3 heteroatoms. The van der Waals surface area contributed by atoms with E-state index in [-0.39, 0.29) is 0 Å². The highest BCUT2D eigenvalue weighted by atomic mass is 19.4. The second-order valence-electron chi connectivity index (χ2n) is 11.3. The molecule has 0 atom stereocenters. The lowest BCUT2D eigenvalue weighted by Gasteiger charge is -2.19. The lowest BCUT2D eigenvalue weighted by Crippen LogP contribution is -2.04. The summed E-state index contributed by atoms with van der Waals surface area (Å²) in [5.74, 6) is 0. The van der Waals surface area contributed by atoms with Crippen molar-refractivity contribution in [1.82, 2.24) is 0 Å². The monoisotopic (exact) mass is 574 g/mol. The zero-order valence-corrected chi connectivity index (χ0v) is 23.6. The van der Waals surface area contributed by atoms with Crippen molar-refractivity contribution < 1.29 is 13.2 Å². The van der Waals surface area contributed by atoms with Gasteiger partial charge < -0.3 is 0 Å². The van der Waals surface area contributed by atoms with Crippen molar-refractivity contribution in [3.05, 3.63) is 157 Å². The molecule has 0 aliphatic heterocycles. The van der Waals surface area contributed by atoms with Gasteiger partial charge in [-0.05, 0) is 107 Å². The highest BCUT2D eigenvalue weighted by Crippen LogP contribution is 2.46. The lowest BCUT2D eigenvalue weighted by atomic mass is 9.84. The smallest absolute Gasteiger partial charge is 0.166 e. The zero-order valence-electron chi connectivity index (χ0n) is 23.6. The summed E-state index contributed by atoms with van der Waals surface area (Å²) in [6, 6.07) is 49.8. The molecule has 0 spiro atoms. The molecule has 0 saturated carbocycles. The molecule has 0 fully saturated rings. The third-order valence-electron chi connectivity index (χ3n) is 8.62. The van der Waals surface area contributed by atoms with Crippen LogP contribution in [0.4, 0.5) is 13.2 Å². The summed E-state index contributed by atoms with van der Waals surface area (Å²) in [5, 5.41) is 8.89. The number of hydrogen-bond acceptors (Lipinski definition) is 0. The topological polar surface area (TPSA) is 0 Å². The van der Waals surface area contributed by atoms with Crippen LogP contribution in [0.5, 0.6) is 0 Å². The fourth-order valence-corrected chi connectivity index (χ4v) is 6.54. The van der Waals surface area contributed by atoms with Crippen LogP contribution in [0.25, 0.3) is 76.5 Å². The van der Waals surface area contributed by atoms with Crippen molar-refractivity contribution in [2.24, 2.45) is 0 Å². The predicted molar refractivity (Wildman–Crippen MR) is 178 cm³/mol. The first-order valence-corrected chi connectivity index (χ1v) is 14.6. The molecule has 44 heavy (non-hydrogen) atoms. The molecule has 0 N–H and O–H groups in total. The maximum atomic E-state index is 13.7. The number of alkyl halides is 3. The van der Waals surface area contributed by atoms with Gasteiger partial charge in [-0.25, -0.2) is 0 Å². The predicted octanol–water partition coefficient (Wildman–Crippen LogP) is 12.3. The Labute approximate surface area is 252 Å². The van der Waals surface area contributed by atoms with Crippen molar-refractivity contribution >= 4 is 43.1 Å². The molecule has 0 unspecified atom stereocenters. The minimum absolute atomic E-state index is 0.534. The third-order valence-corrected chi connectivity index (χ3v) is 8.62. The minimum atomic E-state index is -4.41. The van der Waals surface area contributed by atoms with Crippen molar-refractivity contribution in [3.63, 3.8) is 0 Å². The van der Waals surface area contributed by atoms with E-state index in [1.807, 2.05) is 30.3 Å². The van der Waals surface area contributed by atoms with Crippen LogP contribution in [0.2, 0.25) is 0 Å². The second-order valence-corrected chi connectivity index (χ2v) is 11.3. The molecule has 210 valence electrons. The summed E-state index contributed by atoms with van der Waals surface area (Å²) in [7, 11) is 0. The second kappa shape index (κ2) is 10.1. The van der Waals surface area contributed by atoms with Crippen LogP contribution in [0.15, 0.2) is 152 Å². The number of rotatable bonds is 3. The molecule has 0 aliphatic carbocycles. The molecule has 8 rings (SSSR count). The fourth-order valence-electron chi connectivity index (χ4n) is 6.54. The van der Waals surface area contributed by atoms with Gasteiger partial charge >= 0.3 is 6.18 Å². The van der Waals surface area contributed by atoms with E-state index in [9.17, 15) is 13.2 Å². The summed E-state index contributed by atoms with van der Waals surface area (Å²) < 4.78 is 41.0. The van der Waals surface area contributed by atoms with Gasteiger partial charge in [-0.1, -0.05) is 121 Å². The van der Waals surface area contributed by atoms with Gasteiger partial charge in [0, 0.05) is 0 Å². The molecule has 0 bridgehead atoms. The third kappa shape index (κ3) is 4.40. The van der Waals surface area contributed by atoms with Gasteiger partial charge in [-0.3, -0.25) is 0 Å². The molecule has 8 aromatic rings. The van der Waals surface area contributed by atoms with E-state index in [2.05, 4.69) is 97.1 Å². The maximum absolute atomic E-state index is 13.7. The first-order valence-electron chi connectivity index (χ1n) is 14.6. The summed E-state index contributed by atoms with van der Waals surface area (Å²) in [4.78, 5) is 0. The van der Waals surface area contributed by atoms with E-state index in [1.165, 1.54) is 17.5 Å². The summed E-state index contributed by atoms with van der Waals surface area (Å²) in [5.41, 5.74) is 4.97. The van der Waals surface area contributed by atoms with Gasteiger partial charge in [0.15, 0.2) is 0 Å². The number of benzene rings is 8. The number of hydrogen-bond donors (Lipinski definition) is 0. The van der Waals surface area contributed by atoms with Crippen molar-refractivity contribution in [2.75, 3.05) is 0 Å². The Morgan fingerprint density at radius 1 is 0.318 bits per heavy atom. The lowest BCUT2D eigenvalue weighted by molar-refractivity contribution is -0.137. The quantitative estimate of drug-likeness (QED) is 0.184. The zero-order chi connectivity index (χ0) is 29.8. The average Bonchev–Trinajstić information content (AvgIpc) is 3.06. The van der Waals surface area contributed by atoms with Gasteiger partial charge in [0.25, 0.3) is 0 Å². The van der Waals surface area contributed by atoms with Crippen molar-refractivity contribution in [1.29, 1.82) is 0 Å². The Kier molecular flexibility index (Phi) is 6.02.